The lowest BCUT2D eigenvalue weighted by Gasteiger charge is -2.15. The maximum absolute atomic E-state index is 9.63. The highest BCUT2D eigenvalue weighted by atomic mass is 79.9. The fraction of sp³-hybridized carbons (Fsp3) is 0.538. The lowest BCUT2D eigenvalue weighted by atomic mass is 10.2. The van der Waals surface area contributed by atoms with Crippen LogP contribution in [0.15, 0.2) is 22.7 Å². The van der Waals surface area contributed by atoms with E-state index in [9.17, 15) is 5.11 Å². The Labute approximate surface area is 116 Å². The van der Waals surface area contributed by atoms with Gasteiger partial charge in [0.15, 0.2) is 0 Å². The molecule has 18 heavy (non-hydrogen) atoms. The minimum atomic E-state index is -0.659. The quantitative estimate of drug-likeness (QED) is 0.808. The SMILES string of the molecule is CC(C)OCC(O)COc1ccc(Br)c(CO)c1. The summed E-state index contributed by atoms with van der Waals surface area (Å²) in [6.07, 6.45) is -0.568. The Kier molecular flexibility index (Phi) is 6.63. The van der Waals surface area contributed by atoms with Gasteiger partial charge in [0.25, 0.3) is 0 Å². The van der Waals surface area contributed by atoms with Crippen molar-refractivity contribution in [3.8, 4) is 5.75 Å². The van der Waals surface area contributed by atoms with Crippen molar-refractivity contribution >= 4 is 15.9 Å². The monoisotopic (exact) mass is 318 g/mol. The average molecular weight is 319 g/mol. The van der Waals surface area contributed by atoms with E-state index in [1.54, 1.807) is 18.2 Å². The molecule has 0 aromatic heterocycles. The van der Waals surface area contributed by atoms with Crippen LogP contribution in [0, 0.1) is 0 Å². The van der Waals surface area contributed by atoms with Gasteiger partial charge in [-0.3, -0.25) is 0 Å². The molecule has 0 heterocycles. The first-order valence-corrected chi connectivity index (χ1v) is 6.64. The van der Waals surface area contributed by atoms with Crippen molar-refractivity contribution < 1.29 is 19.7 Å². The normalized spacial score (nSPS) is 12.8. The summed E-state index contributed by atoms with van der Waals surface area (Å²) in [5, 5.41) is 18.7. The fourth-order valence-corrected chi connectivity index (χ4v) is 1.68. The molecule has 2 N–H and O–H groups in total. The van der Waals surface area contributed by atoms with Crippen molar-refractivity contribution in [1.82, 2.24) is 0 Å². The lowest BCUT2D eigenvalue weighted by Crippen LogP contribution is -2.25. The molecule has 102 valence electrons. The third-order valence-electron chi connectivity index (χ3n) is 2.25. The summed E-state index contributed by atoms with van der Waals surface area (Å²) >= 11 is 3.33. The van der Waals surface area contributed by atoms with Crippen molar-refractivity contribution in [2.24, 2.45) is 0 Å². The Morgan fingerprint density at radius 3 is 2.61 bits per heavy atom. The van der Waals surface area contributed by atoms with Gasteiger partial charge in [-0.25, -0.2) is 0 Å². The molecule has 0 bridgehead atoms. The van der Waals surface area contributed by atoms with Crippen LogP contribution in [-0.4, -0.2) is 35.6 Å². The second kappa shape index (κ2) is 7.74. The van der Waals surface area contributed by atoms with E-state index in [0.29, 0.717) is 5.75 Å². The number of ether oxygens (including phenoxy) is 2. The van der Waals surface area contributed by atoms with Crippen LogP contribution >= 0.6 is 15.9 Å². The minimum absolute atomic E-state index is 0.0587. The summed E-state index contributed by atoms with van der Waals surface area (Å²) in [6.45, 7) is 4.18. The highest BCUT2D eigenvalue weighted by Crippen LogP contribution is 2.22. The fourth-order valence-electron chi connectivity index (χ4n) is 1.31. The van der Waals surface area contributed by atoms with Gasteiger partial charge in [-0.05, 0) is 37.6 Å². The Balaban J connectivity index is 2.43. The Hall–Kier alpha value is -0.620. The number of aliphatic hydroxyl groups is 2. The van der Waals surface area contributed by atoms with Gasteiger partial charge in [-0.2, -0.15) is 0 Å². The minimum Gasteiger partial charge on any atom is -0.491 e. The molecule has 1 rings (SSSR count). The van der Waals surface area contributed by atoms with Gasteiger partial charge < -0.3 is 19.7 Å². The molecule has 0 aliphatic rings. The standard InChI is InChI=1S/C13H19BrO4/c1-9(2)17-7-11(16)8-18-12-3-4-13(14)10(5-12)6-15/h3-5,9,11,15-16H,6-8H2,1-2H3. The van der Waals surface area contributed by atoms with Crippen molar-refractivity contribution in [2.45, 2.75) is 32.7 Å². The van der Waals surface area contributed by atoms with Gasteiger partial charge in [0.2, 0.25) is 0 Å². The molecule has 0 saturated heterocycles. The number of rotatable bonds is 7. The molecule has 1 aromatic carbocycles. The third-order valence-corrected chi connectivity index (χ3v) is 3.03. The summed E-state index contributed by atoms with van der Waals surface area (Å²) in [7, 11) is 0. The van der Waals surface area contributed by atoms with Crippen LogP contribution in [0.4, 0.5) is 0 Å². The molecule has 1 atom stereocenters. The number of halogens is 1. The lowest BCUT2D eigenvalue weighted by molar-refractivity contribution is -0.0123. The molecule has 0 fully saturated rings. The maximum Gasteiger partial charge on any atom is 0.119 e. The molecule has 0 amide bonds. The summed E-state index contributed by atoms with van der Waals surface area (Å²) in [4.78, 5) is 0. The topological polar surface area (TPSA) is 58.9 Å². The van der Waals surface area contributed by atoms with E-state index < -0.39 is 6.10 Å². The molecular weight excluding hydrogens is 300 g/mol. The van der Waals surface area contributed by atoms with E-state index in [1.165, 1.54) is 0 Å². The smallest absolute Gasteiger partial charge is 0.119 e. The van der Waals surface area contributed by atoms with E-state index >= 15 is 0 Å². The van der Waals surface area contributed by atoms with Gasteiger partial charge in [-0.1, -0.05) is 15.9 Å². The Morgan fingerprint density at radius 2 is 2.00 bits per heavy atom. The molecule has 0 radical (unpaired) electrons. The Bertz CT molecular complexity index is 368. The number of benzene rings is 1. The zero-order chi connectivity index (χ0) is 13.5. The van der Waals surface area contributed by atoms with Gasteiger partial charge in [0.05, 0.1) is 19.3 Å². The maximum atomic E-state index is 9.63. The van der Waals surface area contributed by atoms with Crippen LogP contribution in [0.25, 0.3) is 0 Å². The largest absolute Gasteiger partial charge is 0.491 e. The highest BCUT2D eigenvalue weighted by Gasteiger charge is 2.08. The molecule has 0 saturated carbocycles. The van der Waals surface area contributed by atoms with Crippen LogP contribution in [-0.2, 0) is 11.3 Å². The third kappa shape index (κ3) is 5.35. The van der Waals surface area contributed by atoms with Gasteiger partial charge in [0, 0.05) is 4.47 Å². The predicted octanol–water partition coefficient (Wildman–Crippen LogP) is 2.11. The number of hydrogen-bond acceptors (Lipinski definition) is 4. The average Bonchev–Trinajstić information content (AvgIpc) is 2.35. The van der Waals surface area contributed by atoms with E-state index in [2.05, 4.69) is 15.9 Å². The first kappa shape index (κ1) is 15.4. The first-order valence-electron chi connectivity index (χ1n) is 5.84. The van der Waals surface area contributed by atoms with Crippen LogP contribution < -0.4 is 4.74 Å². The Morgan fingerprint density at radius 1 is 1.28 bits per heavy atom. The zero-order valence-electron chi connectivity index (χ0n) is 10.6. The summed E-state index contributed by atoms with van der Waals surface area (Å²) in [6, 6.07) is 5.32. The van der Waals surface area contributed by atoms with Crippen molar-refractivity contribution in [2.75, 3.05) is 13.2 Å². The summed E-state index contributed by atoms with van der Waals surface area (Å²) in [5.41, 5.74) is 0.750. The van der Waals surface area contributed by atoms with Gasteiger partial charge in [0.1, 0.15) is 18.5 Å². The molecule has 0 aliphatic heterocycles. The molecule has 1 unspecified atom stereocenters. The van der Waals surface area contributed by atoms with Crippen molar-refractivity contribution in [1.29, 1.82) is 0 Å². The van der Waals surface area contributed by atoms with E-state index in [4.69, 9.17) is 14.6 Å². The van der Waals surface area contributed by atoms with Crippen LogP contribution in [0.1, 0.15) is 19.4 Å². The molecule has 5 heteroatoms. The van der Waals surface area contributed by atoms with E-state index in [0.717, 1.165) is 10.0 Å². The second-order valence-corrected chi connectivity index (χ2v) is 5.11. The molecule has 0 spiro atoms. The molecular formula is C13H19BrO4. The van der Waals surface area contributed by atoms with Crippen molar-refractivity contribution in [3.05, 3.63) is 28.2 Å². The van der Waals surface area contributed by atoms with Crippen LogP contribution in [0.2, 0.25) is 0 Å². The van der Waals surface area contributed by atoms with E-state index in [1.807, 2.05) is 13.8 Å². The van der Waals surface area contributed by atoms with Crippen LogP contribution in [0.3, 0.4) is 0 Å². The van der Waals surface area contributed by atoms with E-state index in [-0.39, 0.29) is 25.9 Å². The molecule has 0 aliphatic carbocycles. The zero-order valence-corrected chi connectivity index (χ0v) is 12.2. The van der Waals surface area contributed by atoms with Gasteiger partial charge >= 0.3 is 0 Å². The highest BCUT2D eigenvalue weighted by molar-refractivity contribution is 9.10. The number of aliphatic hydroxyl groups excluding tert-OH is 2. The first-order chi connectivity index (χ1) is 8.52. The number of hydrogen-bond donors (Lipinski definition) is 2. The molecule has 1 aromatic rings. The van der Waals surface area contributed by atoms with Crippen LogP contribution in [0.5, 0.6) is 5.75 Å². The predicted molar refractivity (Wildman–Crippen MR) is 72.7 cm³/mol. The summed E-state index contributed by atoms with van der Waals surface area (Å²) < 4.78 is 11.5. The van der Waals surface area contributed by atoms with Gasteiger partial charge in [-0.15, -0.1) is 0 Å². The second-order valence-electron chi connectivity index (χ2n) is 4.26. The van der Waals surface area contributed by atoms with Crippen molar-refractivity contribution in [3.63, 3.8) is 0 Å². The molecule has 4 nitrogen and oxygen atoms in total. The summed E-state index contributed by atoms with van der Waals surface area (Å²) in [5.74, 6) is 0.617.